The van der Waals surface area contributed by atoms with Crippen molar-refractivity contribution in [3.8, 4) is 0 Å². The maximum atomic E-state index is 13.1. The molecule has 0 spiro atoms. The van der Waals surface area contributed by atoms with Gasteiger partial charge in [-0.2, -0.15) is 0 Å². The lowest BCUT2D eigenvalue weighted by molar-refractivity contribution is -0.127. The average molecular weight is 487 g/mol. The number of carbonyl (C=O) groups is 3. The minimum Gasteiger partial charge on any atom is -0.445 e. The van der Waals surface area contributed by atoms with Gasteiger partial charge in [0.15, 0.2) is 5.78 Å². The number of ether oxygens (including phenoxy) is 1. The molecule has 0 fully saturated rings. The molecular weight excluding hydrogens is 456 g/mol. The van der Waals surface area contributed by atoms with E-state index >= 15 is 0 Å². The van der Waals surface area contributed by atoms with E-state index in [2.05, 4.69) is 10.6 Å². The molecule has 1 aliphatic carbocycles. The highest BCUT2D eigenvalue weighted by Gasteiger charge is 2.32. The number of hydrogen-bond acceptors (Lipinski definition) is 5. The predicted octanol–water partition coefficient (Wildman–Crippen LogP) is 3.65. The summed E-state index contributed by atoms with van der Waals surface area (Å²) < 4.78 is 5.30. The first-order valence-corrected chi connectivity index (χ1v) is 12.1. The van der Waals surface area contributed by atoms with Crippen molar-refractivity contribution >= 4 is 17.8 Å². The number of alkyl carbamates (subject to hydrolysis) is 1. The lowest BCUT2D eigenvalue weighted by atomic mass is 9.99. The van der Waals surface area contributed by atoms with Gasteiger partial charge in [0.2, 0.25) is 5.91 Å². The molecule has 0 aromatic heterocycles. The molecule has 3 atom stereocenters. The van der Waals surface area contributed by atoms with Crippen LogP contribution < -0.4 is 10.6 Å². The molecule has 186 valence electrons. The number of benzene rings is 3. The maximum Gasteiger partial charge on any atom is 0.408 e. The zero-order chi connectivity index (χ0) is 25.3. The van der Waals surface area contributed by atoms with Crippen LogP contribution in [0.1, 0.15) is 41.1 Å². The van der Waals surface area contributed by atoms with Crippen molar-refractivity contribution in [2.24, 2.45) is 0 Å². The average Bonchev–Trinajstić information content (AvgIpc) is 3.21. The highest BCUT2D eigenvalue weighted by Crippen LogP contribution is 2.31. The van der Waals surface area contributed by atoms with Crippen LogP contribution in [0.5, 0.6) is 0 Å². The number of aliphatic hydroxyl groups is 1. The van der Waals surface area contributed by atoms with Gasteiger partial charge in [-0.15, -0.1) is 0 Å². The van der Waals surface area contributed by atoms with Gasteiger partial charge in [-0.05, 0) is 28.7 Å². The van der Waals surface area contributed by atoms with Crippen molar-refractivity contribution in [2.45, 2.75) is 50.5 Å². The largest absolute Gasteiger partial charge is 0.445 e. The molecule has 0 unspecified atom stereocenters. The first-order chi connectivity index (χ1) is 17.5. The Balaban J connectivity index is 1.33. The Labute approximate surface area is 210 Å². The van der Waals surface area contributed by atoms with Gasteiger partial charge in [0, 0.05) is 19.3 Å². The van der Waals surface area contributed by atoms with E-state index in [4.69, 9.17) is 4.74 Å². The third-order valence-electron chi connectivity index (χ3n) is 6.30. The van der Waals surface area contributed by atoms with E-state index in [1.807, 2.05) is 84.9 Å². The molecule has 0 saturated carbocycles. The number of aliphatic hydroxyl groups excluding tert-OH is 1. The van der Waals surface area contributed by atoms with Crippen LogP contribution in [-0.2, 0) is 33.8 Å². The lowest BCUT2D eigenvalue weighted by Crippen LogP contribution is -2.43. The quantitative estimate of drug-likeness (QED) is 0.406. The molecule has 1 aliphatic rings. The Morgan fingerprint density at radius 3 is 2.22 bits per heavy atom. The fraction of sp³-hybridized carbons (Fsp3) is 0.276. The first kappa shape index (κ1) is 25.1. The van der Waals surface area contributed by atoms with E-state index in [1.54, 1.807) is 0 Å². The summed E-state index contributed by atoms with van der Waals surface area (Å²) in [6.07, 6.45) is -0.717. The lowest BCUT2D eigenvalue weighted by Gasteiger charge is -2.20. The van der Waals surface area contributed by atoms with Crippen LogP contribution in [0.15, 0.2) is 84.9 Å². The van der Waals surface area contributed by atoms with E-state index in [-0.39, 0.29) is 37.6 Å². The van der Waals surface area contributed by atoms with E-state index < -0.39 is 24.3 Å². The van der Waals surface area contributed by atoms with Crippen molar-refractivity contribution in [1.82, 2.24) is 10.6 Å². The van der Waals surface area contributed by atoms with Gasteiger partial charge in [-0.3, -0.25) is 9.59 Å². The zero-order valence-electron chi connectivity index (χ0n) is 19.9. The minimum absolute atomic E-state index is 0.0454. The maximum absolute atomic E-state index is 13.1. The fourth-order valence-electron chi connectivity index (χ4n) is 4.41. The van der Waals surface area contributed by atoms with E-state index in [1.165, 1.54) is 0 Å². The van der Waals surface area contributed by atoms with Gasteiger partial charge < -0.3 is 20.5 Å². The molecule has 0 saturated heterocycles. The summed E-state index contributed by atoms with van der Waals surface area (Å²) in [5, 5.41) is 15.9. The zero-order valence-corrected chi connectivity index (χ0v) is 19.9. The number of ketones is 1. The first-order valence-electron chi connectivity index (χ1n) is 12.1. The summed E-state index contributed by atoms with van der Waals surface area (Å²) >= 11 is 0. The number of rotatable bonds is 10. The normalized spacial score (nSPS) is 17.0. The Hall–Kier alpha value is -3.97. The van der Waals surface area contributed by atoms with Gasteiger partial charge in [-0.25, -0.2) is 4.79 Å². The van der Waals surface area contributed by atoms with Crippen molar-refractivity contribution in [2.75, 3.05) is 0 Å². The third kappa shape index (κ3) is 6.79. The summed E-state index contributed by atoms with van der Waals surface area (Å²) in [7, 11) is 0. The highest BCUT2D eigenvalue weighted by atomic mass is 16.5. The molecule has 3 N–H and O–H groups in total. The monoisotopic (exact) mass is 486 g/mol. The number of nitrogens with one attached hydrogen (secondary N) is 2. The number of Topliss-reactive ketones (excluding diaryl/α,β-unsaturated/α-hetero) is 1. The fourth-order valence-corrected chi connectivity index (χ4v) is 4.41. The Kier molecular flexibility index (Phi) is 8.47. The van der Waals surface area contributed by atoms with Crippen LogP contribution >= 0.6 is 0 Å². The molecule has 0 aliphatic heterocycles. The second kappa shape index (κ2) is 12.1. The molecular formula is C29H30N2O5. The topological polar surface area (TPSA) is 105 Å². The summed E-state index contributed by atoms with van der Waals surface area (Å²) in [5.41, 5.74) is 3.63. The van der Waals surface area contributed by atoms with Crippen molar-refractivity contribution in [3.63, 3.8) is 0 Å². The summed E-state index contributed by atoms with van der Waals surface area (Å²) in [4.78, 5) is 38.1. The van der Waals surface area contributed by atoms with Crippen LogP contribution in [0.2, 0.25) is 0 Å². The molecule has 3 aromatic carbocycles. The number of hydrogen-bond donors (Lipinski definition) is 3. The molecule has 2 amide bonds. The molecule has 7 heteroatoms. The van der Waals surface area contributed by atoms with Crippen LogP contribution in [-0.4, -0.2) is 35.0 Å². The Morgan fingerprint density at radius 1 is 0.861 bits per heavy atom. The van der Waals surface area contributed by atoms with Gasteiger partial charge >= 0.3 is 6.09 Å². The van der Waals surface area contributed by atoms with Crippen LogP contribution in [0.4, 0.5) is 4.79 Å². The predicted molar refractivity (Wildman–Crippen MR) is 135 cm³/mol. The molecule has 36 heavy (non-hydrogen) atoms. The smallest absolute Gasteiger partial charge is 0.408 e. The van der Waals surface area contributed by atoms with Crippen molar-refractivity contribution in [3.05, 3.63) is 107 Å². The molecule has 0 radical (unpaired) electrons. The van der Waals surface area contributed by atoms with Gasteiger partial charge in [-0.1, -0.05) is 84.9 Å². The molecule has 3 aromatic rings. The van der Waals surface area contributed by atoms with Crippen LogP contribution in [0.3, 0.4) is 0 Å². The van der Waals surface area contributed by atoms with Crippen LogP contribution in [0, 0.1) is 0 Å². The minimum atomic E-state index is -0.832. The highest BCUT2D eigenvalue weighted by molar-refractivity contribution is 5.90. The molecule has 7 nitrogen and oxygen atoms in total. The standard InChI is InChI=1S/C29H30N2O5/c32-25(15-16-27(34)31-28-23-14-8-7-13-22(23)18-26(28)33)24(17-20-9-3-1-4-10-20)30-29(35)36-19-21-11-5-2-6-12-21/h1-14,24,26,28,33H,15-19H2,(H,30,35)(H,31,34)/t24-,26+,28-/m0/s1. The van der Waals surface area contributed by atoms with E-state index in [0.29, 0.717) is 6.42 Å². The second-order valence-electron chi connectivity index (χ2n) is 8.93. The Bertz CT molecular complexity index is 1180. The van der Waals surface area contributed by atoms with Crippen molar-refractivity contribution in [1.29, 1.82) is 0 Å². The molecule has 0 bridgehead atoms. The van der Waals surface area contributed by atoms with Gasteiger partial charge in [0.1, 0.15) is 6.61 Å². The van der Waals surface area contributed by atoms with Crippen LogP contribution in [0.25, 0.3) is 0 Å². The number of amides is 2. The van der Waals surface area contributed by atoms with Crippen molar-refractivity contribution < 1.29 is 24.2 Å². The van der Waals surface area contributed by atoms with Gasteiger partial charge in [0.25, 0.3) is 0 Å². The number of carbonyl (C=O) groups excluding carboxylic acids is 3. The molecule has 0 heterocycles. The number of fused-ring (bicyclic) bond motifs is 1. The third-order valence-corrected chi connectivity index (χ3v) is 6.30. The Morgan fingerprint density at radius 2 is 1.50 bits per heavy atom. The van der Waals surface area contributed by atoms with E-state index in [0.717, 1.165) is 22.3 Å². The van der Waals surface area contributed by atoms with E-state index in [9.17, 15) is 19.5 Å². The second-order valence-corrected chi connectivity index (χ2v) is 8.93. The summed E-state index contributed by atoms with van der Waals surface area (Å²) in [5.74, 6) is -0.591. The molecule has 4 rings (SSSR count). The summed E-state index contributed by atoms with van der Waals surface area (Å²) in [6, 6.07) is 24.9. The summed E-state index contributed by atoms with van der Waals surface area (Å²) in [6.45, 7) is 0.0898. The van der Waals surface area contributed by atoms with Gasteiger partial charge in [0.05, 0.1) is 18.2 Å². The SMILES string of the molecule is O=C(CCC(=O)[C@H](Cc1ccccc1)NC(=O)OCc1ccccc1)N[C@H]1c2ccccc2C[C@H]1O.